The molecule has 1 aromatic rings. The number of hydrogen-bond donors (Lipinski definition) is 1. The van der Waals surface area contributed by atoms with Crippen LogP contribution < -0.4 is 5.32 Å². The molecule has 0 aliphatic heterocycles. The summed E-state index contributed by atoms with van der Waals surface area (Å²) in [5.41, 5.74) is 0. The van der Waals surface area contributed by atoms with Crippen molar-refractivity contribution in [3.8, 4) is 6.07 Å². The molecule has 1 fully saturated rings. The van der Waals surface area contributed by atoms with Gasteiger partial charge in [0.2, 0.25) is 0 Å². The van der Waals surface area contributed by atoms with E-state index in [2.05, 4.69) is 11.4 Å². The molecule has 78 valence electrons. The SMILES string of the molecule is N#CC(NC(=O)c1ccc(Cl)s1)C1CC1. The zero-order valence-electron chi connectivity index (χ0n) is 7.87. The summed E-state index contributed by atoms with van der Waals surface area (Å²) >= 11 is 6.95. The normalized spacial score (nSPS) is 16.8. The van der Waals surface area contributed by atoms with E-state index in [4.69, 9.17) is 16.9 Å². The van der Waals surface area contributed by atoms with Crippen LogP contribution in [0.25, 0.3) is 0 Å². The number of thiophene rings is 1. The second-order valence-corrected chi connectivity index (χ2v) is 5.24. The van der Waals surface area contributed by atoms with E-state index in [1.165, 1.54) is 11.3 Å². The number of carbonyl (C=O) groups is 1. The molecule has 0 radical (unpaired) electrons. The lowest BCUT2D eigenvalue weighted by Gasteiger charge is -2.08. The largest absolute Gasteiger partial charge is 0.335 e. The van der Waals surface area contributed by atoms with Crippen LogP contribution in [0.15, 0.2) is 12.1 Å². The summed E-state index contributed by atoms with van der Waals surface area (Å²) in [4.78, 5) is 12.2. The van der Waals surface area contributed by atoms with E-state index < -0.39 is 0 Å². The molecule has 1 heterocycles. The van der Waals surface area contributed by atoms with E-state index in [0.717, 1.165) is 12.8 Å². The predicted molar refractivity (Wildman–Crippen MR) is 58.9 cm³/mol. The van der Waals surface area contributed by atoms with Gasteiger partial charge in [-0.05, 0) is 30.9 Å². The molecule has 0 saturated heterocycles. The third kappa shape index (κ3) is 2.49. The Bertz CT molecular complexity index is 419. The van der Waals surface area contributed by atoms with E-state index in [1.807, 2.05) is 0 Å². The Kier molecular flexibility index (Phi) is 2.94. The standard InChI is InChI=1S/C10H9ClN2OS/c11-9-4-3-8(15-9)10(14)13-7(5-12)6-1-2-6/h3-4,6-7H,1-2H2,(H,13,14). The van der Waals surface area contributed by atoms with Gasteiger partial charge in [-0.3, -0.25) is 4.79 Å². The molecule has 1 N–H and O–H groups in total. The van der Waals surface area contributed by atoms with E-state index in [-0.39, 0.29) is 11.9 Å². The van der Waals surface area contributed by atoms with Gasteiger partial charge in [0, 0.05) is 0 Å². The Morgan fingerprint density at radius 2 is 2.40 bits per heavy atom. The quantitative estimate of drug-likeness (QED) is 0.882. The first-order valence-corrected chi connectivity index (χ1v) is 5.86. The smallest absolute Gasteiger partial charge is 0.262 e. The lowest BCUT2D eigenvalue weighted by molar-refractivity contribution is 0.0946. The molecule has 3 nitrogen and oxygen atoms in total. The van der Waals surface area contributed by atoms with Crippen molar-refractivity contribution in [1.29, 1.82) is 5.26 Å². The van der Waals surface area contributed by atoms with Crippen LogP contribution in [0.5, 0.6) is 0 Å². The van der Waals surface area contributed by atoms with Gasteiger partial charge in [-0.2, -0.15) is 5.26 Å². The number of rotatable bonds is 3. The van der Waals surface area contributed by atoms with Crippen molar-refractivity contribution in [1.82, 2.24) is 5.32 Å². The van der Waals surface area contributed by atoms with Crippen LogP contribution in [-0.4, -0.2) is 11.9 Å². The number of hydrogen-bond acceptors (Lipinski definition) is 3. The number of halogens is 1. The highest BCUT2D eigenvalue weighted by atomic mass is 35.5. The summed E-state index contributed by atoms with van der Waals surface area (Å²) in [6.45, 7) is 0. The van der Waals surface area contributed by atoms with Crippen molar-refractivity contribution in [2.24, 2.45) is 5.92 Å². The lowest BCUT2D eigenvalue weighted by Crippen LogP contribution is -2.34. The molecule has 0 aromatic carbocycles. The fraction of sp³-hybridized carbons (Fsp3) is 0.400. The topological polar surface area (TPSA) is 52.9 Å². The van der Waals surface area contributed by atoms with Gasteiger partial charge in [0.15, 0.2) is 0 Å². The molecule has 0 bridgehead atoms. The molecule has 5 heteroatoms. The van der Waals surface area contributed by atoms with Crippen LogP contribution in [0.4, 0.5) is 0 Å². The second kappa shape index (κ2) is 4.21. The minimum atomic E-state index is -0.349. The molecule has 1 aliphatic rings. The van der Waals surface area contributed by atoms with Crippen LogP contribution in [0.2, 0.25) is 4.34 Å². The first kappa shape index (κ1) is 10.5. The predicted octanol–water partition coefficient (Wildman–Crippen LogP) is 2.43. The average molecular weight is 241 g/mol. The van der Waals surface area contributed by atoms with Crippen LogP contribution in [0.1, 0.15) is 22.5 Å². The van der Waals surface area contributed by atoms with Crippen LogP contribution in [-0.2, 0) is 0 Å². The van der Waals surface area contributed by atoms with Gasteiger partial charge in [-0.1, -0.05) is 11.6 Å². The molecule has 1 unspecified atom stereocenters. The number of nitrogens with one attached hydrogen (secondary N) is 1. The maximum absolute atomic E-state index is 11.6. The summed E-state index contributed by atoms with van der Waals surface area (Å²) in [6.07, 6.45) is 2.06. The minimum absolute atomic E-state index is 0.203. The van der Waals surface area contributed by atoms with Gasteiger partial charge < -0.3 is 5.32 Å². The van der Waals surface area contributed by atoms with E-state index in [9.17, 15) is 4.79 Å². The fourth-order valence-corrected chi connectivity index (χ4v) is 2.28. The van der Waals surface area contributed by atoms with Gasteiger partial charge in [0.25, 0.3) is 5.91 Å². The van der Waals surface area contributed by atoms with Crippen LogP contribution in [0, 0.1) is 17.2 Å². The third-order valence-electron chi connectivity index (χ3n) is 2.32. The van der Waals surface area contributed by atoms with E-state index in [0.29, 0.717) is 15.1 Å². The van der Waals surface area contributed by atoms with Crippen molar-refractivity contribution < 1.29 is 4.79 Å². The monoisotopic (exact) mass is 240 g/mol. The Morgan fingerprint density at radius 3 is 2.87 bits per heavy atom. The summed E-state index contributed by atoms with van der Waals surface area (Å²) < 4.78 is 0.583. The highest BCUT2D eigenvalue weighted by Crippen LogP contribution is 2.32. The van der Waals surface area contributed by atoms with Crippen LogP contribution >= 0.6 is 22.9 Å². The summed E-state index contributed by atoms with van der Waals surface area (Å²) in [5, 5.41) is 11.6. The van der Waals surface area contributed by atoms with Crippen molar-refractivity contribution in [2.45, 2.75) is 18.9 Å². The first-order valence-electron chi connectivity index (χ1n) is 4.66. The average Bonchev–Trinajstić information content (AvgIpc) is 2.97. The zero-order chi connectivity index (χ0) is 10.8. The van der Waals surface area contributed by atoms with E-state index in [1.54, 1.807) is 12.1 Å². The lowest BCUT2D eigenvalue weighted by atomic mass is 10.2. The van der Waals surface area contributed by atoms with Crippen molar-refractivity contribution >= 4 is 28.8 Å². The molecular formula is C10H9ClN2OS. The Hall–Kier alpha value is -1.05. The number of amides is 1. The molecule has 1 aliphatic carbocycles. The molecule has 1 atom stereocenters. The van der Waals surface area contributed by atoms with E-state index >= 15 is 0 Å². The Balaban J connectivity index is 2.00. The highest BCUT2D eigenvalue weighted by Gasteiger charge is 2.32. The number of nitrogens with zero attached hydrogens (tertiary/aromatic N) is 1. The first-order chi connectivity index (χ1) is 7.20. The Labute approximate surface area is 96.7 Å². The molecule has 1 amide bonds. The Morgan fingerprint density at radius 1 is 1.67 bits per heavy atom. The number of nitriles is 1. The summed E-state index contributed by atoms with van der Waals surface area (Å²) in [5.74, 6) is 0.139. The highest BCUT2D eigenvalue weighted by molar-refractivity contribution is 7.17. The van der Waals surface area contributed by atoms with Gasteiger partial charge in [0.1, 0.15) is 6.04 Å². The van der Waals surface area contributed by atoms with Gasteiger partial charge in [0.05, 0.1) is 15.3 Å². The number of carbonyl (C=O) groups excluding carboxylic acids is 1. The second-order valence-electron chi connectivity index (χ2n) is 3.52. The molecule has 1 aromatic heterocycles. The summed E-state index contributed by atoms with van der Waals surface area (Å²) in [7, 11) is 0. The molecule has 1 saturated carbocycles. The fourth-order valence-electron chi connectivity index (χ4n) is 1.33. The molecule has 15 heavy (non-hydrogen) atoms. The van der Waals surface area contributed by atoms with Gasteiger partial charge in [-0.15, -0.1) is 11.3 Å². The maximum atomic E-state index is 11.6. The van der Waals surface area contributed by atoms with Gasteiger partial charge in [-0.25, -0.2) is 0 Å². The minimum Gasteiger partial charge on any atom is -0.335 e. The third-order valence-corrected chi connectivity index (χ3v) is 3.55. The summed E-state index contributed by atoms with van der Waals surface area (Å²) in [6, 6.07) is 5.11. The zero-order valence-corrected chi connectivity index (χ0v) is 9.44. The maximum Gasteiger partial charge on any atom is 0.262 e. The van der Waals surface area contributed by atoms with Crippen molar-refractivity contribution in [3.05, 3.63) is 21.3 Å². The van der Waals surface area contributed by atoms with Crippen molar-refractivity contribution in [2.75, 3.05) is 0 Å². The van der Waals surface area contributed by atoms with Crippen LogP contribution in [0.3, 0.4) is 0 Å². The van der Waals surface area contributed by atoms with Crippen molar-refractivity contribution in [3.63, 3.8) is 0 Å². The molecular weight excluding hydrogens is 232 g/mol. The molecule has 2 rings (SSSR count). The van der Waals surface area contributed by atoms with Gasteiger partial charge >= 0.3 is 0 Å². The molecule has 0 spiro atoms.